The molecule has 0 saturated carbocycles. The molecule has 0 unspecified atom stereocenters. The third kappa shape index (κ3) is 4.70. The van der Waals surface area contributed by atoms with E-state index in [4.69, 9.17) is 0 Å². The van der Waals surface area contributed by atoms with E-state index in [0.29, 0.717) is 5.69 Å². The second-order valence-corrected chi connectivity index (χ2v) is 8.26. The van der Waals surface area contributed by atoms with Crippen LogP contribution in [0.5, 0.6) is 0 Å². The van der Waals surface area contributed by atoms with Crippen molar-refractivity contribution in [2.24, 2.45) is 0 Å². The van der Waals surface area contributed by atoms with Crippen LogP contribution in [0.1, 0.15) is 27.0 Å². The molecular weight excluding hydrogens is 352 g/mol. The molecule has 0 saturated heterocycles. The van der Waals surface area contributed by atoms with E-state index >= 15 is 0 Å². The molecule has 0 spiro atoms. The number of rotatable bonds is 5. The van der Waals surface area contributed by atoms with E-state index in [1.807, 2.05) is 32.9 Å². The van der Waals surface area contributed by atoms with E-state index < -0.39 is 15.7 Å². The van der Waals surface area contributed by atoms with Crippen molar-refractivity contribution in [1.82, 2.24) is 5.32 Å². The number of hydrogen-bond donors (Lipinski definition) is 2. The fourth-order valence-corrected chi connectivity index (χ4v) is 3.68. The molecule has 0 fully saturated rings. The maximum atomic E-state index is 12.3. The maximum Gasteiger partial charge on any atom is 0.253 e. The zero-order valence-corrected chi connectivity index (χ0v) is 16.0. The van der Waals surface area contributed by atoms with Gasteiger partial charge in [-0.25, -0.2) is 8.42 Å². The summed E-state index contributed by atoms with van der Waals surface area (Å²) in [6.45, 7) is 5.52. The van der Waals surface area contributed by atoms with Crippen LogP contribution in [0.15, 0.2) is 41.3 Å². The third-order valence-corrected chi connectivity index (χ3v) is 5.04. The second-order valence-electron chi connectivity index (χ2n) is 6.27. The van der Waals surface area contributed by atoms with E-state index in [2.05, 4.69) is 10.6 Å². The normalized spacial score (nSPS) is 11.1. The molecule has 138 valence electrons. The predicted molar refractivity (Wildman–Crippen MR) is 101 cm³/mol. The molecule has 0 bridgehead atoms. The first kappa shape index (κ1) is 19.7. The van der Waals surface area contributed by atoms with Crippen molar-refractivity contribution in [3.05, 3.63) is 58.7 Å². The number of benzene rings is 2. The van der Waals surface area contributed by atoms with Gasteiger partial charge in [0.25, 0.3) is 5.91 Å². The molecule has 6 nitrogen and oxygen atoms in total. The fourth-order valence-electron chi connectivity index (χ4n) is 2.79. The van der Waals surface area contributed by atoms with E-state index in [1.54, 1.807) is 12.1 Å². The van der Waals surface area contributed by atoms with E-state index in [1.165, 1.54) is 12.1 Å². The Morgan fingerprint density at radius 1 is 1.00 bits per heavy atom. The number of carbonyl (C=O) groups is 2. The Hall–Kier alpha value is -2.67. The summed E-state index contributed by atoms with van der Waals surface area (Å²) in [5.74, 6) is -0.997. The molecule has 0 aromatic heterocycles. The summed E-state index contributed by atoms with van der Waals surface area (Å²) >= 11 is 0. The average molecular weight is 374 g/mol. The van der Waals surface area contributed by atoms with Crippen LogP contribution in [0.25, 0.3) is 0 Å². The molecule has 0 radical (unpaired) electrons. The van der Waals surface area contributed by atoms with Crippen LogP contribution < -0.4 is 10.6 Å². The summed E-state index contributed by atoms with van der Waals surface area (Å²) in [5.41, 5.74) is 3.70. The minimum Gasteiger partial charge on any atom is -0.343 e. The predicted octanol–water partition coefficient (Wildman–Crippen LogP) is 2.38. The summed E-state index contributed by atoms with van der Waals surface area (Å²) < 4.78 is 23.6. The van der Waals surface area contributed by atoms with Gasteiger partial charge in [0.1, 0.15) is 0 Å². The first-order chi connectivity index (χ1) is 12.1. The Balaban J connectivity index is 2.08. The first-order valence-corrected chi connectivity index (χ1v) is 9.93. The van der Waals surface area contributed by atoms with Crippen LogP contribution in [0.3, 0.4) is 0 Å². The van der Waals surface area contributed by atoms with Gasteiger partial charge in [-0.05, 0) is 44.0 Å². The lowest BCUT2D eigenvalue weighted by Gasteiger charge is -2.13. The average Bonchev–Trinajstić information content (AvgIpc) is 2.55. The van der Waals surface area contributed by atoms with Crippen LogP contribution in [0, 0.1) is 20.8 Å². The van der Waals surface area contributed by atoms with Crippen LogP contribution in [-0.2, 0) is 14.6 Å². The third-order valence-electron chi connectivity index (χ3n) is 3.88. The number of carbonyl (C=O) groups excluding carboxylic acids is 2. The van der Waals surface area contributed by atoms with Gasteiger partial charge < -0.3 is 10.6 Å². The maximum absolute atomic E-state index is 12.3. The number of sulfone groups is 1. The number of nitrogens with one attached hydrogen (secondary N) is 2. The Kier molecular flexibility index (Phi) is 5.82. The molecule has 2 aromatic carbocycles. The van der Waals surface area contributed by atoms with Crippen molar-refractivity contribution in [2.75, 3.05) is 18.1 Å². The van der Waals surface area contributed by atoms with E-state index in [9.17, 15) is 18.0 Å². The summed E-state index contributed by atoms with van der Waals surface area (Å²) in [6.07, 6.45) is 1.04. The number of aryl methyl sites for hydroxylation is 3. The van der Waals surface area contributed by atoms with Crippen molar-refractivity contribution in [2.45, 2.75) is 25.7 Å². The minimum absolute atomic E-state index is 0.0190. The Morgan fingerprint density at radius 3 is 2.15 bits per heavy atom. The van der Waals surface area contributed by atoms with Crippen molar-refractivity contribution in [3.63, 3.8) is 0 Å². The Labute approximate surface area is 153 Å². The van der Waals surface area contributed by atoms with Gasteiger partial charge >= 0.3 is 0 Å². The van der Waals surface area contributed by atoms with Crippen molar-refractivity contribution in [1.29, 1.82) is 0 Å². The van der Waals surface area contributed by atoms with Gasteiger partial charge in [-0.1, -0.05) is 29.8 Å². The molecule has 26 heavy (non-hydrogen) atoms. The van der Waals surface area contributed by atoms with Crippen molar-refractivity contribution < 1.29 is 18.0 Å². The summed E-state index contributed by atoms with van der Waals surface area (Å²) in [5, 5.41) is 5.25. The zero-order chi connectivity index (χ0) is 19.5. The van der Waals surface area contributed by atoms with Crippen LogP contribution in [0.2, 0.25) is 0 Å². The van der Waals surface area contributed by atoms with Gasteiger partial charge in [0.2, 0.25) is 5.91 Å². The van der Waals surface area contributed by atoms with Crippen LogP contribution in [-0.4, -0.2) is 33.0 Å². The summed E-state index contributed by atoms with van der Waals surface area (Å²) in [4.78, 5) is 24.4. The largest absolute Gasteiger partial charge is 0.343 e. The molecular formula is C19H22N2O4S. The SMILES string of the molecule is Cc1cc(C)c(NC(=O)CNC(=O)c2ccccc2S(C)(=O)=O)c(C)c1. The van der Waals surface area contributed by atoms with Gasteiger partial charge in [0.05, 0.1) is 17.0 Å². The fraction of sp³-hybridized carbons (Fsp3) is 0.263. The molecule has 0 atom stereocenters. The monoisotopic (exact) mass is 374 g/mol. The minimum atomic E-state index is -3.54. The topological polar surface area (TPSA) is 92.3 Å². The summed E-state index contributed by atoms with van der Waals surface area (Å²) in [6, 6.07) is 9.82. The molecule has 2 amide bonds. The Morgan fingerprint density at radius 2 is 1.58 bits per heavy atom. The molecule has 0 heterocycles. The van der Waals surface area contributed by atoms with Gasteiger partial charge in [-0.15, -0.1) is 0 Å². The number of hydrogen-bond acceptors (Lipinski definition) is 4. The number of amides is 2. The highest BCUT2D eigenvalue weighted by atomic mass is 32.2. The second kappa shape index (κ2) is 7.70. The quantitative estimate of drug-likeness (QED) is 0.840. The molecule has 0 aliphatic heterocycles. The van der Waals surface area contributed by atoms with E-state index in [-0.39, 0.29) is 22.9 Å². The smallest absolute Gasteiger partial charge is 0.253 e. The molecule has 2 aromatic rings. The standard InChI is InChI=1S/C19H22N2O4S/c1-12-9-13(2)18(14(3)10-12)21-17(22)11-20-19(23)15-7-5-6-8-16(15)26(4,24)25/h5-10H,11H2,1-4H3,(H,20,23)(H,21,22). The van der Waals surface area contributed by atoms with Crippen LogP contribution >= 0.6 is 0 Å². The van der Waals surface area contributed by atoms with Gasteiger partial charge in [-0.3, -0.25) is 9.59 Å². The number of anilines is 1. The van der Waals surface area contributed by atoms with Crippen molar-refractivity contribution in [3.8, 4) is 0 Å². The molecule has 2 N–H and O–H groups in total. The van der Waals surface area contributed by atoms with Gasteiger partial charge in [0.15, 0.2) is 9.84 Å². The van der Waals surface area contributed by atoms with Gasteiger partial charge in [-0.2, -0.15) is 0 Å². The lowest BCUT2D eigenvalue weighted by atomic mass is 10.1. The van der Waals surface area contributed by atoms with Crippen LogP contribution in [0.4, 0.5) is 5.69 Å². The highest BCUT2D eigenvalue weighted by Crippen LogP contribution is 2.21. The van der Waals surface area contributed by atoms with Gasteiger partial charge in [0, 0.05) is 11.9 Å². The lowest BCUT2D eigenvalue weighted by molar-refractivity contribution is -0.115. The highest BCUT2D eigenvalue weighted by Gasteiger charge is 2.18. The zero-order valence-electron chi connectivity index (χ0n) is 15.2. The molecule has 7 heteroatoms. The van der Waals surface area contributed by atoms with E-state index in [0.717, 1.165) is 22.9 Å². The lowest BCUT2D eigenvalue weighted by Crippen LogP contribution is -2.33. The first-order valence-electron chi connectivity index (χ1n) is 8.04. The highest BCUT2D eigenvalue weighted by molar-refractivity contribution is 7.90. The molecule has 0 aliphatic rings. The molecule has 0 aliphatic carbocycles. The van der Waals surface area contributed by atoms with Crippen molar-refractivity contribution >= 4 is 27.3 Å². The Bertz CT molecular complexity index is 942. The summed E-state index contributed by atoms with van der Waals surface area (Å²) in [7, 11) is -3.54. The molecule has 2 rings (SSSR count).